The van der Waals surface area contributed by atoms with Crippen LogP contribution in [0.5, 0.6) is 0 Å². The highest BCUT2D eigenvalue weighted by atomic mass is 16.5. The summed E-state index contributed by atoms with van der Waals surface area (Å²) in [6.45, 7) is 8.79. The molecule has 12 heavy (non-hydrogen) atoms. The van der Waals surface area contributed by atoms with E-state index in [0.717, 1.165) is 38.1 Å². The Bertz CT molecular complexity index is 110. The van der Waals surface area contributed by atoms with Crippen molar-refractivity contribution in [3.8, 4) is 0 Å². The molecule has 72 valence electrons. The van der Waals surface area contributed by atoms with Crippen LogP contribution in [0.25, 0.3) is 0 Å². The van der Waals surface area contributed by atoms with E-state index in [2.05, 4.69) is 19.2 Å². The third kappa shape index (κ3) is 3.11. The van der Waals surface area contributed by atoms with Crippen molar-refractivity contribution in [3.63, 3.8) is 0 Å². The van der Waals surface area contributed by atoms with Gasteiger partial charge >= 0.3 is 0 Å². The molecule has 1 N–H and O–H groups in total. The molecular formula is C10H21NO. The van der Waals surface area contributed by atoms with E-state index in [9.17, 15) is 0 Å². The Kier molecular flexibility index (Phi) is 4.62. The molecule has 0 spiro atoms. The van der Waals surface area contributed by atoms with Crippen LogP contribution >= 0.6 is 0 Å². The third-order valence-corrected chi connectivity index (χ3v) is 2.66. The molecule has 1 aliphatic heterocycles. The fourth-order valence-corrected chi connectivity index (χ4v) is 1.67. The summed E-state index contributed by atoms with van der Waals surface area (Å²) in [7, 11) is 0. The van der Waals surface area contributed by atoms with Crippen LogP contribution in [0.15, 0.2) is 0 Å². The van der Waals surface area contributed by atoms with Crippen LogP contribution in [0.4, 0.5) is 0 Å². The van der Waals surface area contributed by atoms with E-state index in [4.69, 9.17) is 4.74 Å². The molecule has 0 radical (unpaired) electrons. The van der Waals surface area contributed by atoms with Crippen LogP contribution in [0, 0.1) is 11.8 Å². The number of hydrogen-bond acceptors (Lipinski definition) is 2. The second-order valence-corrected chi connectivity index (χ2v) is 3.81. The van der Waals surface area contributed by atoms with Gasteiger partial charge in [-0.25, -0.2) is 0 Å². The molecule has 1 aliphatic rings. The summed E-state index contributed by atoms with van der Waals surface area (Å²) in [6, 6.07) is 0. The summed E-state index contributed by atoms with van der Waals surface area (Å²) >= 11 is 0. The van der Waals surface area contributed by atoms with E-state index in [1.807, 2.05) is 0 Å². The molecule has 1 rings (SSSR count). The van der Waals surface area contributed by atoms with E-state index >= 15 is 0 Å². The normalized spacial score (nSPS) is 26.0. The van der Waals surface area contributed by atoms with Crippen LogP contribution in [-0.4, -0.2) is 26.3 Å². The first-order valence-corrected chi connectivity index (χ1v) is 5.13. The molecule has 1 saturated heterocycles. The summed E-state index contributed by atoms with van der Waals surface area (Å²) in [5.41, 5.74) is 0. The maximum Gasteiger partial charge on any atom is 0.0498 e. The zero-order valence-corrected chi connectivity index (χ0v) is 8.31. The Hall–Kier alpha value is -0.0800. The van der Waals surface area contributed by atoms with Crippen molar-refractivity contribution in [2.24, 2.45) is 11.8 Å². The van der Waals surface area contributed by atoms with Crippen molar-refractivity contribution >= 4 is 0 Å². The molecule has 1 heterocycles. The number of hydrogen-bond donors (Lipinski definition) is 1. The molecule has 2 nitrogen and oxygen atoms in total. The van der Waals surface area contributed by atoms with E-state index in [1.165, 1.54) is 12.8 Å². The van der Waals surface area contributed by atoms with E-state index in [1.54, 1.807) is 0 Å². The van der Waals surface area contributed by atoms with Gasteiger partial charge in [-0.05, 0) is 37.8 Å². The van der Waals surface area contributed by atoms with Crippen molar-refractivity contribution in [3.05, 3.63) is 0 Å². The highest BCUT2D eigenvalue weighted by Gasteiger charge is 2.21. The van der Waals surface area contributed by atoms with Gasteiger partial charge in [-0.1, -0.05) is 13.8 Å². The first-order chi connectivity index (χ1) is 5.84. The zero-order valence-electron chi connectivity index (χ0n) is 8.31. The maximum atomic E-state index is 5.36. The molecule has 0 aromatic heterocycles. The number of ether oxygens (including phenoxy) is 1. The van der Waals surface area contributed by atoms with Gasteiger partial charge in [0.25, 0.3) is 0 Å². The molecule has 2 unspecified atom stereocenters. The van der Waals surface area contributed by atoms with Gasteiger partial charge in [0, 0.05) is 13.2 Å². The largest absolute Gasteiger partial charge is 0.381 e. The lowest BCUT2D eigenvalue weighted by molar-refractivity contribution is 0.174. The molecule has 2 heteroatoms. The van der Waals surface area contributed by atoms with Gasteiger partial charge in [-0.15, -0.1) is 0 Å². The van der Waals surface area contributed by atoms with Gasteiger partial charge in [0.05, 0.1) is 0 Å². The summed E-state index contributed by atoms with van der Waals surface area (Å²) in [5, 5.41) is 3.46. The predicted octanol–water partition coefficient (Wildman–Crippen LogP) is 1.66. The first kappa shape index (κ1) is 10.0. The molecule has 0 aliphatic carbocycles. The van der Waals surface area contributed by atoms with Gasteiger partial charge in [-0.3, -0.25) is 0 Å². The second-order valence-electron chi connectivity index (χ2n) is 3.81. The van der Waals surface area contributed by atoms with Crippen LogP contribution in [0.1, 0.15) is 26.7 Å². The minimum atomic E-state index is 0.777. The smallest absolute Gasteiger partial charge is 0.0498 e. The van der Waals surface area contributed by atoms with Crippen molar-refractivity contribution in [2.75, 3.05) is 26.3 Å². The van der Waals surface area contributed by atoms with Gasteiger partial charge < -0.3 is 10.1 Å². The fraction of sp³-hybridized carbons (Fsp3) is 1.00. The molecule has 1 fully saturated rings. The average molecular weight is 171 g/mol. The first-order valence-electron chi connectivity index (χ1n) is 5.13. The summed E-state index contributed by atoms with van der Waals surface area (Å²) < 4.78 is 5.36. The lowest BCUT2D eigenvalue weighted by atomic mass is 9.93. The number of nitrogens with one attached hydrogen (secondary N) is 1. The van der Waals surface area contributed by atoms with Gasteiger partial charge in [0.2, 0.25) is 0 Å². The molecule has 2 atom stereocenters. The van der Waals surface area contributed by atoms with Gasteiger partial charge in [0.1, 0.15) is 0 Å². The molecule has 0 aromatic carbocycles. The molecule has 0 aromatic rings. The van der Waals surface area contributed by atoms with E-state index in [0.29, 0.717) is 0 Å². The number of rotatable bonds is 5. The van der Waals surface area contributed by atoms with Crippen molar-refractivity contribution in [1.82, 2.24) is 5.32 Å². The van der Waals surface area contributed by atoms with E-state index < -0.39 is 0 Å². The van der Waals surface area contributed by atoms with Crippen LogP contribution < -0.4 is 5.32 Å². The van der Waals surface area contributed by atoms with Crippen molar-refractivity contribution in [2.45, 2.75) is 26.7 Å². The minimum absolute atomic E-state index is 0.777. The zero-order chi connectivity index (χ0) is 8.81. The van der Waals surface area contributed by atoms with E-state index in [-0.39, 0.29) is 0 Å². The Labute approximate surface area is 75.7 Å². The summed E-state index contributed by atoms with van der Waals surface area (Å²) in [4.78, 5) is 0. The highest BCUT2D eigenvalue weighted by molar-refractivity contribution is 4.71. The quantitative estimate of drug-likeness (QED) is 0.635. The Balaban J connectivity index is 2.05. The fourth-order valence-electron chi connectivity index (χ4n) is 1.67. The third-order valence-electron chi connectivity index (χ3n) is 2.66. The lowest BCUT2D eigenvalue weighted by Gasteiger charge is -2.17. The van der Waals surface area contributed by atoms with Crippen LogP contribution in [0.3, 0.4) is 0 Å². The molecule has 0 amide bonds. The average Bonchev–Trinajstić information content (AvgIpc) is 2.56. The topological polar surface area (TPSA) is 21.3 Å². The summed E-state index contributed by atoms with van der Waals surface area (Å²) in [5.74, 6) is 1.58. The van der Waals surface area contributed by atoms with Gasteiger partial charge in [0.15, 0.2) is 0 Å². The van der Waals surface area contributed by atoms with Crippen LogP contribution in [-0.2, 0) is 4.74 Å². The maximum absolute atomic E-state index is 5.36. The monoisotopic (exact) mass is 171 g/mol. The molecular weight excluding hydrogens is 150 g/mol. The van der Waals surface area contributed by atoms with Crippen molar-refractivity contribution in [1.29, 1.82) is 0 Å². The highest BCUT2D eigenvalue weighted by Crippen LogP contribution is 2.20. The summed E-state index contributed by atoms with van der Waals surface area (Å²) in [6.07, 6.45) is 2.49. The molecule has 0 bridgehead atoms. The predicted molar refractivity (Wildman–Crippen MR) is 51.3 cm³/mol. The van der Waals surface area contributed by atoms with Crippen LogP contribution in [0.2, 0.25) is 0 Å². The van der Waals surface area contributed by atoms with Crippen molar-refractivity contribution < 1.29 is 4.74 Å². The Morgan fingerprint density at radius 1 is 1.58 bits per heavy atom. The Morgan fingerprint density at radius 3 is 3.00 bits per heavy atom. The minimum Gasteiger partial charge on any atom is -0.381 e. The SMILES string of the molecule is CCCNCC(C)C1CCOC1. The van der Waals surface area contributed by atoms with Gasteiger partial charge in [-0.2, -0.15) is 0 Å². The molecule has 0 saturated carbocycles. The second kappa shape index (κ2) is 5.55. The Morgan fingerprint density at radius 2 is 2.42 bits per heavy atom. The standard InChI is InChI=1S/C10H21NO/c1-3-5-11-7-9(2)10-4-6-12-8-10/h9-11H,3-8H2,1-2H3. The lowest BCUT2D eigenvalue weighted by Crippen LogP contribution is -2.27.